The number of rotatable bonds is 8. The molecule has 3 aromatic heterocycles. The molecule has 0 aliphatic rings. The maximum absolute atomic E-state index is 14.0. The van der Waals surface area contributed by atoms with Crippen LogP contribution in [0.25, 0.3) is 22.8 Å². The predicted molar refractivity (Wildman–Crippen MR) is 162 cm³/mol. The van der Waals surface area contributed by atoms with Crippen LogP contribution in [-0.2, 0) is 12.7 Å². The van der Waals surface area contributed by atoms with E-state index in [2.05, 4.69) is 15.4 Å². The van der Waals surface area contributed by atoms with Crippen molar-refractivity contribution in [2.45, 2.75) is 32.5 Å². The molecule has 1 atom stereocenters. The van der Waals surface area contributed by atoms with E-state index >= 15 is 0 Å². The highest BCUT2D eigenvalue weighted by atomic mass is 19.4. The van der Waals surface area contributed by atoms with Gasteiger partial charge in [-0.15, -0.1) is 0 Å². The molecule has 1 unspecified atom stereocenters. The molecule has 1 amide bonds. The largest absolute Gasteiger partial charge is 0.439 e. The summed E-state index contributed by atoms with van der Waals surface area (Å²) in [5.74, 6) is 0.733. The summed E-state index contributed by atoms with van der Waals surface area (Å²) < 4.78 is 50.8. The molecule has 5 aromatic rings. The minimum absolute atomic E-state index is 0.0533. The summed E-state index contributed by atoms with van der Waals surface area (Å²) >= 11 is 0. The van der Waals surface area contributed by atoms with Crippen molar-refractivity contribution in [1.82, 2.24) is 29.2 Å². The third-order valence-electron chi connectivity index (χ3n) is 7.23. The van der Waals surface area contributed by atoms with E-state index < -0.39 is 23.5 Å². The van der Waals surface area contributed by atoms with Crippen molar-refractivity contribution < 1.29 is 26.9 Å². The molecule has 0 radical (unpaired) electrons. The number of carbonyl (C=O) groups is 1. The second kappa shape index (κ2) is 12.2. The fourth-order valence-corrected chi connectivity index (χ4v) is 5.08. The van der Waals surface area contributed by atoms with Gasteiger partial charge in [0.05, 0.1) is 79.4 Å². The van der Waals surface area contributed by atoms with E-state index in [4.69, 9.17) is 4.42 Å². The van der Waals surface area contributed by atoms with Crippen LogP contribution in [0.2, 0.25) is 0 Å². The third kappa shape index (κ3) is 6.50. The summed E-state index contributed by atoms with van der Waals surface area (Å²) in [6.07, 6.45) is -1.53. The molecule has 0 fully saturated rings. The molecule has 0 saturated carbocycles. The van der Waals surface area contributed by atoms with E-state index in [1.54, 1.807) is 43.5 Å². The van der Waals surface area contributed by atoms with Crippen LogP contribution in [0.3, 0.4) is 0 Å². The monoisotopic (exact) mass is 633 g/mol. The number of nitriles is 1. The molecule has 238 valence electrons. The van der Waals surface area contributed by atoms with Crippen LogP contribution < -0.4 is 11.0 Å². The summed E-state index contributed by atoms with van der Waals surface area (Å²) in [5.41, 5.74) is -0.264. The van der Waals surface area contributed by atoms with E-state index in [1.165, 1.54) is 23.0 Å². The molecule has 46 heavy (non-hydrogen) atoms. The highest BCUT2D eigenvalue weighted by molar-refractivity contribution is 5.83. The summed E-state index contributed by atoms with van der Waals surface area (Å²) in [6, 6.07) is 13.7. The standard InChI is InChI=1S/C32H31F3N8O3/c1-20(29-37-18-26(46-29)19-43(3,4)5)17-38-30(44)41-28(27-13-14-39-42(27)24-11-9-22(16-36)10-12-24)21(2)40(31(41)45)25-8-6-7-23(15-25)32(33,34)35/h6-15,18,20H,17,19H2,1-5H3/p+1. The lowest BCUT2D eigenvalue weighted by Crippen LogP contribution is -2.38. The van der Waals surface area contributed by atoms with Crippen molar-refractivity contribution in [3.05, 3.63) is 106 Å². The molecular formula is C32H32F3N8O3+. The Balaban J connectivity index is 1.57. The first-order valence-corrected chi connectivity index (χ1v) is 14.3. The molecule has 5 rings (SSSR count). The quantitative estimate of drug-likeness (QED) is 0.233. The number of nitrogens with one attached hydrogen (secondary N) is 1. The second-order valence-corrected chi connectivity index (χ2v) is 11.9. The summed E-state index contributed by atoms with van der Waals surface area (Å²) in [4.78, 5) is 32.1. The lowest BCUT2D eigenvalue weighted by atomic mass is 10.1. The van der Waals surface area contributed by atoms with Gasteiger partial charge in [0.1, 0.15) is 12.2 Å². The Bertz CT molecular complexity index is 1990. The normalized spacial score (nSPS) is 12.6. The maximum Gasteiger partial charge on any atom is 0.416 e. The summed E-state index contributed by atoms with van der Waals surface area (Å²) in [7, 11) is 6.05. The molecule has 2 aromatic carbocycles. The number of halogens is 3. The highest BCUT2D eigenvalue weighted by Crippen LogP contribution is 2.32. The predicted octanol–water partition coefficient (Wildman–Crippen LogP) is 5.25. The van der Waals surface area contributed by atoms with Gasteiger partial charge in [0.25, 0.3) is 0 Å². The minimum atomic E-state index is -4.65. The second-order valence-electron chi connectivity index (χ2n) is 11.9. The number of alkyl halides is 3. The zero-order valence-corrected chi connectivity index (χ0v) is 25.8. The van der Waals surface area contributed by atoms with Gasteiger partial charge in [-0.1, -0.05) is 13.0 Å². The summed E-state index contributed by atoms with van der Waals surface area (Å²) in [6.45, 7) is 4.02. The molecule has 0 spiro atoms. The summed E-state index contributed by atoms with van der Waals surface area (Å²) in [5, 5.41) is 16.3. The molecule has 0 saturated heterocycles. The van der Waals surface area contributed by atoms with Crippen molar-refractivity contribution in [2.24, 2.45) is 0 Å². The minimum Gasteiger partial charge on any atom is -0.439 e. The van der Waals surface area contributed by atoms with Gasteiger partial charge in [-0.05, 0) is 55.5 Å². The number of benzene rings is 2. The number of imidazole rings is 1. The maximum atomic E-state index is 14.0. The SMILES string of the molecule is Cc1c(-c2ccnn2-c2ccc(C#N)cc2)n(C(=O)NCC(C)c2ncc(C[N+](C)(C)C)o2)c(=O)n1-c1cccc(C(F)(F)F)c1. The van der Waals surface area contributed by atoms with Crippen molar-refractivity contribution >= 4 is 6.03 Å². The van der Waals surface area contributed by atoms with Gasteiger partial charge in [-0.3, -0.25) is 4.57 Å². The number of carbonyl (C=O) groups excluding carboxylic acids is 1. The van der Waals surface area contributed by atoms with Gasteiger partial charge in [-0.25, -0.2) is 23.8 Å². The number of quaternary nitrogens is 1. The molecule has 1 N–H and O–H groups in total. The first-order valence-electron chi connectivity index (χ1n) is 14.3. The van der Waals surface area contributed by atoms with Gasteiger partial charge < -0.3 is 14.2 Å². The average Bonchev–Trinajstić information content (AvgIpc) is 3.72. The van der Waals surface area contributed by atoms with Crippen LogP contribution >= 0.6 is 0 Å². The van der Waals surface area contributed by atoms with Crippen LogP contribution in [0.1, 0.15) is 41.3 Å². The first kappa shape index (κ1) is 32.0. The van der Waals surface area contributed by atoms with Gasteiger partial charge >= 0.3 is 17.9 Å². The highest BCUT2D eigenvalue weighted by Gasteiger charge is 2.32. The Morgan fingerprint density at radius 3 is 2.48 bits per heavy atom. The topological polar surface area (TPSA) is 124 Å². The fourth-order valence-electron chi connectivity index (χ4n) is 5.08. The number of nitrogens with zero attached hydrogens (tertiary/aromatic N) is 7. The third-order valence-corrected chi connectivity index (χ3v) is 7.23. The van der Waals surface area contributed by atoms with Gasteiger partial charge in [0, 0.05) is 6.54 Å². The van der Waals surface area contributed by atoms with E-state index in [9.17, 15) is 28.0 Å². The molecule has 0 aliphatic heterocycles. The van der Waals surface area contributed by atoms with Gasteiger partial charge in [0.15, 0.2) is 11.7 Å². The van der Waals surface area contributed by atoms with E-state index in [0.717, 1.165) is 21.3 Å². The molecule has 14 heteroatoms. The van der Waals surface area contributed by atoms with Crippen molar-refractivity contribution in [3.8, 4) is 28.8 Å². The zero-order valence-electron chi connectivity index (χ0n) is 25.8. The van der Waals surface area contributed by atoms with Crippen molar-refractivity contribution in [3.63, 3.8) is 0 Å². The van der Waals surface area contributed by atoms with Crippen LogP contribution in [0.5, 0.6) is 0 Å². The first-order chi connectivity index (χ1) is 21.7. The van der Waals surface area contributed by atoms with Crippen LogP contribution in [-0.4, -0.2) is 62.1 Å². The van der Waals surface area contributed by atoms with Crippen LogP contribution in [0.4, 0.5) is 18.0 Å². The van der Waals surface area contributed by atoms with Gasteiger partial charge in [-0.2, -0.15) is 23.5 Å². The number of hydrogen-bond donors (Lipinski definition) is 1. The van der Waals surface area contributed by atoms with Crippen LogP contribution in [0, 0.1) is 18.3 Å². The Morgan fingerprint density at radius 2 is 1.83 bits per heavy atom. The Hall–Kier alpha value is -5.42. The lowest BCUT2D eigenvalue weighted by molar-refractivity contribution is -0.884. The molecule has 11 nitrogen and oxygen atoms in total. The number of aromatic nitrogens is 5. The fraction of sp³-hybridized carbons (Fsp3) is 0.281. The smallest absolute Gasteiger partial charge is 0.416 e. The molecule has 3 heterocycles. The van der Waals surface area contributed by atoms with E-state index in [-0.39, 0.29) is 29.5 Å². The van der Waals surface area contributed by atoms with Gasteiger partial charge in [0.2, 0.25) is 0 Å². The van der Waals surface area contributed by atoms with Crippen molar-refractivity contribution in [1.29, 1.82) is 5.26 Å². The molecule has 0 aliphatic carbocycles. The molecule has 0 bridgehead atoms. The van der Waals surface area contributed by atoms with Crippen LogP contribution in [0.15, 0.2) is 76.2 Å². The Kier molecular flexibility index (Phi) is 8.46. The van der Waals surface area contributed by atoms with E-state index in [0.29, 0.717) is 39.6 Å². The van der Waals surface area contributed by atoms with Crippen molar-refractivity contribution in [2.75, 3.05) is 27.7 Å². The number of oxazole rings is 1. The average molecular weight is 634 g/mol. The number of hydrogen-bond acceptors (Lipinski definition) is 6. The van der Waals surface area contributed by atoms with E-state index in [1.807, 2.05) is 34.1 Å². The number of amides is 1. The molecular weight excluding hydrogens is 601 g/mol. The zero-order chi connectivity index (χ0) is 33.4. The Labute approximate surface area is 262 Å². The lowest BCUT2D eigenvalue weighted by Gasteiger charge is -2.21. The Morgan fingerprint density at radius 1 is 1.11 bits per heavy atom.